The fourth-order valence-corrected chi connectivity index (χ4v) is 9.97. The minimum Gasteiger partial charge on any atom is -0.445 e. The van der Waals surface area contributed by atoms with Gasteiger partial charge in [0.25, 0.3) is 0 Å². The van der Waals surface area contributed by atoms with Crippen LogP contribution in [0.1, 0.15) is 30.0 Å². The number of morpholine rings is 1. The second kappa shape index (κ2) is 25.7. The molecule has 1 unspecified atom stereocenters. The molecule has 3 aromatic heterocycles. The second-order valence-electron chi connectivity index (χ2n) is 18.0. The summed E-state index contributed by atoms with van der Waals surface area (Å²) in [4.78, 5) is 101. The summed E-state index contributed by atoms with van der Waals surface area (Å²) in [6.07, 6.45) is -10.2. The molecule has 30 nitrogen and oxygen atoms in total. The van der Waals surface area contributed by atoms with Crippen molar-refractivity contribution < 1.29 is 90.1 Å². The lowest BCUT2D eigenvalue weighted by Gasteiger charge is -2.27. The van der Waals surface area contributed by atoms with Gasteiger partial charge >= 0.3 is 27.4 Å². The van der Waals surface area contributed by atoms with Gasteiger partial charge in [-0.15, -0.1) is 0 Å². The van der Waals surface area contributed by atoms with Crippen LogP contribution in [-0.2, 0) is 69.0 Å². The van der Waals surface area contributed by atoms with Gasteiger partial charge < -0.3 is 70.7 Å². The van der Waals surface area contributed by atoms with Crippen LogP contribution in [0.2, 0.25) is 0 Å². The van der Waals surface area contributed by atoms with Crippen LogP contribution >= 0.6 is 15.6 Å². The predicted molar refractivity (Wildman–Crippen MR) is 265 cm³/mol. The fourth-order valence-electron chi connectivity index (χ4n) is 8.67. The van der Waals surface area contributed by atoms with E-state index in [1.807, 2.05) is 0 Å². The third-order valence-electron chi connectivity index (χ3n) is 12.6. The molecule has 3 aliphatic heterocycles. The van der Waals surface area contributed by atoms with Crippen LogP contribution < -0.4 is 27.8 Å². The van der Waals surface area contributed by atoms with Crippen LogP contribution in [0.4, 0.5) is 26.5 Å². The number of hydrogen-bond acceptors (Lipinski definition) is 23. The molecule has 78 heavy (non-hydrogen) atoms. The maximum atomic E-state index is 14.5. The number of nitrogens with one attached hydrogen (secondary N) is 2. The van der Waals surface area contributed by atoms with Gasteiger partial charge in [-0.3, -0.25) is 37.2 Å². The van der Waals surface area contributed by atoms with E-state index in [0.717, 1.165) is 17.1 Å². The zero-order valence-corrected chi connectivity index (χ0v) is 42.9. The normalized spacial score (nSPS) is 23.9. The molecule has 2 amide bonds. The number of benzene rings is 2. The smallest absolute Gasteiger partial charge is 0.445 e. The first-order valence-electron chi connectivity index (χ1n) is 24.0. The van der Waals surface area contributed by atoms with Crippen molar-refractivity contribution in [1.82, 2.24) is 39.3 Å². The highest BCUT2D eigenvalue weighted by Crippen LogP contribution is 2.50. The molecule has 3 aliphatic rings. The average Bonchev–Trinajstić information content (AvgIpc) is 4.19. The molecular weight excluding hydrogens is 1080 g/mol. The van der Waals surface area contributed by atoms with Crippen LogP contribution in [0.25, 0.3) is 11.2 Å². The first-order valence-corrected chi connectivity index (χ1v) is 27.0. The highest BCUT2D eigenvalue weighted by Gasteiger charge is 2.52. The molecule has 0 radical (unpaired) electrons. The maximum absolute atomic E-state index is 14.5. The van der Waals surface area contributed by atoms with E-state index >= 15 is 0 Å². The molecule has 6 heterocycles. The minimum absolute atomic E-state index is 0.000747. The summed E-state index contributed by atoms with van der Waals surface area (Å²) in [5.41, 5.74) is 12.3. The molecule has 0 aliphatic carbocycles. The molecule has 0 spiro atoms. The Morgan fingerprint density at radius 3 is 2.28 bits per heavy atom. The minimum atomic E-state index is -5.45. The van der Waals surface area contributed by atoms with Gasteiger partial charge in [-0.1, -0.05) is 24.3 Å². The van der Waals surface area contributed by atoms with Crippen molar-refractivity contribution in [2.45, 2.75) is 68.5 Å². The van der Waals surface area contributed by atoms with Gasteiger partial charge in [0.05, 0.1) is 58.5 Å². The summed E-state index contributed by atoms with van der Waals surface area (Å²) in [5.74, 6) is -3.03. The third kappa shape index (κ3) is 15.3. The lowest BCUT2D eigenvalue weighted by Crippen LogP contribution is -2.46. The maximum Gasteiger partial charge on any atom is 0.472 e. The van der Waals surface area contributed by atoms with Crippen LogP contribution in [0.15, 0.2) is 78.2 Å². The summed E-state index contributed by atoms with van der Waals surface area (Å²) >= 11 is 0. The Labute approximate surface area is 441 Å². The Bertz CT molecular complexity index is 3040. The van der Waals surface area contributed by atoms with Crippen molar-refractivity contribution in [3.05, 3.63) is 101 Å². The molecule has 5 aromatic rings. The zero-order valence-electron chi connectivity index (χ0n) is 41.1. The number of aliphatic hydroxyl groups is 2. The first-order chi connectivity index (χ1) is 37.2. The lowest BCUT2D eigenvalue weighted by molar-refractivity contribution is -0.124. The number of aromatic nitrogens is 6. The number of hydrogen-bond donors (Lipinski definition) is 9. The van der Waals surface area contributed by atoms with Crippen LogP contribution in [0.3, 0.4) is 0 Å². The van der Waals surface area contributed by atoms with Crippen LogP contribution in [0, 0.1) is 11.7 Å². The number of phosphoric ester groups is 2. The van der Waals surface area contributed by atoms with Crippen molar-refractivity contribution in [1.29, 1.82) is 0 Å². The summed E-state index contributed by atoms with van der Waals surface area (Å²) in [7, 11) is -10.7. The number of Topliss-reactive ketones (excluding diaryl/α,β-unsaturated/α-hetero) is 1. The van der Waals surface area contributed by atoms with Crippen LogP contribution in [-0.4, -0.2) is 172 Å². The molecule has 422 valence electrons. The number of nitrogen functional groups attached to an aromatic ring is 2. The summed E-state index contributed by atoms with van der Waals surface area (Å²) in [6, 6.07) is 11.6. The summed E-state index contributed by atoms with van der Waals surface area (Å²) < 4.78 is 84.6. The van der Waals surface area contributed by atoms with Gasteiger partial charge in [0.1, 0.15) is 60.5 Å². The lowest BCUT2D eigenvalue weighted by atomic mass is 9.90. The predicted octanol–water partition coefficient (Wildman–Crippen LogP) is -0.0848. The number of carbonyl (C=O) groups is 3. The molecule has 8 rings (SSSR count). The molecule has 0 bridgehead atoms. The number of nitrogens with two attached hydrogens (primary N) is 2. The number of aliphatic hydroxyl groups excluding tert-OH is 2. The van der Waals surface area contributed by atoms with E-state index < -0.39 is 114 Å². The first kappa shape index (κ1) is 57.9. The Morgan fingerprint density at radius 2 is 1.56 bits per heavy atom. The number of phosphoric acid groups is 2. The van der Waals surface area contributed by atoms with E-state index in [-0.39, 0.29) is 54.9 Å². The van der Waals surface area contributed by atoms with Gasteiger partial charge in [0.2, 0.25) is 5.91 Å². The standard InChI is InChI=1S/C45H56FN11O19P2/c46-27-5-1-25(2-6-27)17-35(59)52-28-7-3-26(4-8-28)19-71-45(63)53-30(20-70-16-13-55-11-14-69-15-12-55)31(58)18-29-32(74-42(37(29)60)57-24-51-36-40(48)49-23-50-41(36)57)21-73-78(67,68)76-39-33(22-72-77(64,65)66)75-43(38(39)61)56-10-9-34(47)54-44(56)62/h1-10,23-24,29-30,32-33,37-39,42-43,60-61H,11-22H2,(H,52,59)(H,53,63)(H,67,68)(H2,47,54,62)(H2,48,49,50)(H2,64,65,66)/t29-,30+,32-,33-,37-,38-,39-,42-,43-/m1/s1. The molecule has 33 heteroatoms. The van der Waals surface area contributed by atoms with E-state index in [2.05, 4.69) is 40.0 Å². The number of nitrogens with zero attached hydrogens (tertiary/aromatic N) is 7. The Hall–Kier alpha value is -6.25. The van der Waals surface area contributed by atoms with Crippen molar-refractivity contribution in [3.8, 4) is 0 Å². The number of rotatable bonds is 24. The van der Waals surface area contributed by atoms with Crippen molar-refractivity contribution >= 4 is 61.9 Å². The molecular formula is C45H56FN11O19P2. The topological polar surface area (TPSA) is 418 Å². The molecule has 2 aromatic carbocycles. The Kier molecular flexibility index (Phi) is 19.1. The quantitative estimate of drug-likeness (QED) is 0.0288. The molecule has 10 atom stereocenters. The average molecular weight is 1140 g/mol. The van der Waals surface area contributed by atoms with Crippen molar-refractivity contribution in [3.63, 3.8) is 0 Å². The SMILES string of the molecule is Nc1ccn([C@@H]2O[C@H](COP(=O)(O)O)[C@@H](OP(=O)(O)OC[C@H]3O[C@@H](n4cnc5c(N)ncnc54)[C@H](O)[C@@H]3CC(=O)[C@H](COCCN3CCOCC3)NC(=O)OCc3ccc(NC(=O)Cc4ccc(F)cc4)cc3)[C@H]2O)c(=O)n1. The fraction of sp³-hybridized carbons (Fsp3) is 0.467. The highest BCUT2D eigenvalue weighted by molar-refractivity contribution is 7.47. The van der Waals surface area contributed by atoms with Gasteiger partial charge in [0, 0.05) is 43.9 Å². The van der Waals surface area contributed by atoms with Gasteiger partial charge in [0.15, 0.2) is 29.7 Å². The van der Waals surface area contributed by atoms with E-state index in [0.29, 0.717) is 49.7 Å². The molecule has 3 fully saturated rings. The number of anilines is 3. The van der Waals surface area contributed by atoms with Gasteiger partial charge in [-0.2, -0.15) is 4.98 Å². The molecule has 0 saturated carbocycles. The van der Waals surface area contributed by atoms with Crippen LogP contribution in [0.5, 0.6) is 0 Å². The largest absolute Gasteiger partial charge is 0.472 e. The number of ketones is 1. The van der Waals surface area contributed by atoms with E-state index in [9.17, 15) is 57.6 Å². The molecule has 3 saturated heterocycles. The Balaban J connectivity index is 0.969. The summed E-state index contributed by atoms with van der Waals surface area (Å²) in [5, 5.41) is 28.5. The Morgan fingerprint density at radius 1 is 0.872 bits per heavy atom. The number of alkyl carbamates (subject to hydrolysis) is 1. The van der Waals surface area contributed by atoms with Crippen molar-refractivity contribution in [2.24, 2.45) is 5.92 Å². The number of carbonyl (C=O) groups excluding carboxylic acids is 3. The number of halogens is 1. The van der Waals surface area contributed by atoms with E-state index in [1.165, 1.54) is 41.2 Å². The summed E-state index contributed by atoms with van der Waals surface area (Å²) in [6.45, 7) is 0.306. The van der Waals surface area contributed by atoms with Gasteiger partial charge in [-0.05, 0) is 41.5 Å². The van der Waals surface area contributed by atoms with E-state index in [4.69, 9.17) is 44.2 Å². The molecule has 11 N–H and O–H groups in total. The second-order valence-corrected chi connectivity index (χ2v) is 20.7. The number of ether oxygens (including phenoxy) is 5. The van der Waals surface area contributed by atoms with Gasteiger partial charge in [-0.25, -0.2) is 38.1 Å². The number of fused-ring (bicyclic) bond motifs is 1. The zero-order chi connectivity index (χ0) is 55.7. The van der Waals surface area contributed by atoms with E-state index in [1.54, 1.807) is 24.3 Å². The third-order valence-corrected chi connectivity index (χ3v) is 14.1. The number of imidazole rings is 1. The monoisotopic (exact) mass is 1140 g/mol. The number of amides is 2. The highest BCUT2D eigenvalue weighted by atomic mass is 31.2. The van der Waals surface area contributed by atoms with Crippen molar-refractivity contribution in [2.75, 3.05) is 76.1 Å².